The van der Waals surface area contributed by atoms with Crippen LogP contribution in [0.25, 0.3) is 34.6 Å². The van der Waals surface area contributed by atoms with E-state index in [9.17, 15) is 0 Å². The molecule has 0 atom stereocenters. The summed E-state index contributed by atoms with van der Waals surface area (Å²) in [5, 5.41) is 13.2. The molecule has 0 amide bonds. The van der Waals surface area contributed by atoms with Gasteiger partial charge in [-0.25, -0.2) is 0 Å². The Balaban J connectivity index is 1.80. The van der Waals surface area contributed by atoms with E-state index in [1.807, 2.05) is 25.3 Å². The Morgan fingerprint density at radius 1 is 1.32 bits per heavy atom. The van der Waals surface area contributed by atoms with E-state index >= 15 is 0 Å². The number of aromatic nitrogens is 4. The SMILES string of the molecule is C=C(/C=c1/c(-c2cc3ncccc3[nH]2)n[nH]/c1=C/C)C1CCNCC1. The zero-order valence-corrected chi connectivity index (χ0v) is 14.5. The van der Waals surface area contributed by atoms with Crippen molar-refractivity contribution in [2.75, 3.05) is 13.1 Å². The molecule has 1 fully saturated rings. The van der Waals surface area contributed by atoms with Gasteiger partial charge in [0.05, 0.1) is 22.1 Å². The van der Waals surface area contributed by atoms with Crippen LogP contribution in [0, 0.1) is 5.92 Å². The van der Waals surface area contributed by atoms with Crippen LogP contribution in [0.3, 0.4) is 0 Å². The molecule has 0 radical (unpaired) electrons. The lowest BCUT2D eigenvalue weighted by Gasteiger charge is -2.22. The highest BCUT2D eigenvalue weighted by Gasteiger charge is 2.16. The Bertz CT molecular complexity index is 985. The Kier molecular flexibility index (Phi) is 4.24. The second kappa shape index (κ2) is 6.69. The van der Waals surface area contributed by atoms with Crippen molar-refractivity contribution in [2.24, 2.45) is 5.92 Å². The molecule has 3 aromatic rings. The highest BCUT2D eigenvalue weighted by Crippen LogP contribution is 2.22. The van der Waals surface area contributed by atoms with Gasteiger partial charge in [0.15, 0.2) is 0 Å². The molecule has 128 valence electrons. The van der Waals surface area contributed by atoms with Crippen LogP contribution in [0.4, 0.5) is 0 Å². The quantitative estimate of drug-likeness (QED) is 0.687. The van der Waals surface area contributed by atoms with Gasteiger partial charge in [-0.05, 0) is 63.0 Å². The van der Waals surface area contributed by atoms with E-state index in [4.69, 9.17) is 0 Å². The molecule has 4 rings (SSSR count). The molecule has 0 bridgehead atoms. The van der Waals surface area contributed by atoms with E-state index < -0.39 is 0 Å². The number of hydrogen-bond donors (Lipinski definition) is 3. The van der Waals surface area contributed by atoms with Gasteiger partial charge in [-0.3, -0.25) is 10.1 Å². The van der Waals surface area contributed by atoms with Gasteiger partial charge in [-0.1, -0.05) is 18.2 Å². The van der Waals surface area contributed by atoms with Crippen LogP contribution in [-0.2, 0) is 0 Å². The molecule has 4 heterocycles. The third-order valence-electron chi connectivity index (χ3n) is 4.96. The fourth-order valence-corrected chi connectivity index (χ4v) is 3.52. The number of fused-ring (bicyclic) bond motifs is 1. The van der Waals surface area contributed by atoms with Crippen molar-refractivity contribution in [2.45, 2.75) is 19.8 Å². The van der Waals surface area contributed by atoms with Crippen LogP contribution in [0.15, 0.2) is 36.5 Å². The summed E-state index contributed by atoms with van der Waals surface area (Å²) in [5.41, 5.74) is 5.04. The summed E-state index contributed by atoms with van der Waals surface area (Å²) >= 11 is 0. The molecule has 3 N–H and O–H groups in total. The Morgan fingerprint density at radius 2 is 2.16 bits per heavy atom. The van der Waals surface area contributed by atoms with Crippen molar-refractivity contribution in [3.05, 3.63) is 47.1 Å². The van der Waals surface area contributed by atoms with E-state index in [-0.39, 0.29) is 0 Å². The van der Waals surface area contributed by atoms with Crippen molar-refractivity contribution in [3.8, 4) is 11.4 Å². The lowest BCUT2D eigenvalue weighted by atomic mass is 9.90. The third kappa shape index (κ3) is 3.03. The van der Waals surface area contributed by atoms with Crippen LogP contribution in [0.5, 0.6) is 0 Å². The summed E-state index contributed by atoms with van der Waals surface area (Å²) in [6.45, 7) is 8.50. The van der Waals surface area contributed by atoms with Crippen LogP contribution in [0.2, 0.25) is 0 Å². The highest BCUT2D eigenvalue weighted by molar-refractivity contribution is 5.81. The number of aromatic amines is 2. The highest BCUT2D eigenvalue weighted by atomic mass is 15.1. The zero-order valence-electron chi connectivity index (χ0n) is 14.5. The second-order valence-electron chi connectivity index (χ2n) is 6.55. The summed E-state index contributed by atoms with van der Waals surface area (Å²) in [6, 6.07) is 6.02. The predicted octanol–water partition coefficient (Wildman–Crippen LogP) is 2.09. The molecule has 0 saturated carbocycles. The molecule has 5 heteroatoms. The molecular formula is C20H23N5. The standard InChI is InChI=1S/C20H23N5/c1-3-16-15(11-13(2)14-6-9-21-10-7-14)20(25-24-16)19-12-18-17(23-19)5-4-8-22-18/h3-5,8,11-12,14,21,23-24H,2,6-7,9-10H2,1H3/b15-11+,16-3+. The molecule has 1 saturated heterocycles. The zero-order chi connectivity index (χ0) is 17.2. The number of pyridine rings is 1. The Hall–Kier alpha value is -2.66. The molecule has 1 aliphatic heterocycles. The fraction of sp³-hybridized carbons (Fsp3) is 0.300. The number of hydrogen-bond acceptors (Lipinski definition) is 3. The Labute approximate surface area is 146 Å². The summed E-state index contributed by atoms with van der Waals surface area (Å²) in [5.74, 6) is 0.540. The average Bonchev–Trinajstić information content (AvgIpc) is 3.25. The molecule has 25 heavy (non-hydrogen) atoms. The molecule has 0 aromatic carbocycles. The number of H-pyrrole nitrogens is 2. The maximum Gasteiger partial charge on any atom is 0.116 e. The molecule has 1 aliphatic rings. The molecule has 0 spiro atoms. The van der Waals surface area contributed by atoms with E-state index in [0.29, 0.717) is 5.92 Å². The van der Waals surface area contributed by atoms with E-state index in [0.717, 1.165) is 58.9 Å². The Morgan fingerprint density at radius 3 is 2.92 bits per heavy atom. The van der Waals surface area contributed by atoms with Gasteiger partial charge in [0.25, 0.3) is 0 Å². The summed E-state index contributed by atoms with van der Waals surface area (Å²) in [6.07, 6.45) is 8.35. The van der Waals surface area contributed by atoms with Crippen molar-refractivity contribution in [1.82, 2.24) is 25.5 Å². The molecule has 5 nitrogen and oxygen atoms in total. The maximum atomic E-state index is 4.55. The topological polar surface area (TPSA) is 69.4 Å². The molecule has 0 unspecified atom stereocenters. The smallest absolute Gasteiger partial charge is 0.116 e. The van der Waals surface area contributed by atoms with Crippen LogP contribution in [-0.4, -0.2) is 33.3 Å². The second-order valence-corrected chi connectivity index (χ2v) is 6.55. The van der Waals surface area contributed by atoms with Crippen LogP contribution >= 0.6 is 0 Å². The molecule has 0 aliphatic carbocycles. The minimum absolute atomic E-state index is 0.540. The van der Waals surface area contributed by atoms with E-state index in [1.165, 1.54) is 5.57 Å². The van der Waals surface area contributed by atoms with Crippen molar-refractivity contribution >= 4 is 23.2 Å². The third-order valence-corrected chi connectivity index (χ3v) is 4.96. The van der Waals surface area contributed by atoms with Crippen molar-refractivity contribution < 1.29 is 0 Å². The van der Waals surface area contributed by atoms with Crippen molar-refractivity contribution in [3.63, 3.8) is 0 Å². The first kappa shape index (κ1) is 15.8. The molecule has 3 aromatic heterocycles. The predicted molar refractivity (Wildman–Crippen MR) is 102 cm³/mol. The van der Waals surface area contributed by atoms with Crippen molar-refractivity contribution in [1.29, 1.82) is 0 Å². The summed E-state index contributed by atoms with van der Waals surface area (Å²) in [4.78, 5) is 7.83. The lowest BCUT2D eigenvalue weighted by Crippen LogP contribution is -2.29. The van der Waals surface area contributed by atoms with Gasteiger partial charge in [-0.2, -0.15) is 5.10 Å². The lowest BCUT2D eigenvalue weighted by molar-refractivity contribution is 0.428. The monoisotopic (exact) mass is 333 g/mol. The van der Waals surface area contributed by atoms with E-state index in [2.05, 4.69) is 50.3 Å². The minimum Gasteiger partial charge on any atom is -0.352 e. The molecular weight excluding hydrogens is 310 g/mol. The first-order chi connectivity index (χ1) is 12.3. The first-order valence-electron chi connectivity index (χ1n) is 8.82. The van der Waals surface area contributed by atoms with Crippen LogP contribution in [0.1, 0.15) is 19.8 Å². The van der Waals surface area contributed by atoms with Crippen LogP contribution < -0.4 is 15.9 Å². The number of rotatable bonds is 3. The fourth-order valence-electron chi connectivity index (χ4n) is 3.52. The average molecular weight is 333 g/mol. The number of allylic oxidation sites excluding steroid dienone is 1. The maximum absolute atomic E-state index is 4.55. The summed E-state index contributed by atoms with van der Waals surface area (Å²) in [7, 11) is 0. The normalized spacial score (nSPS) is 17.5. The largest absolute Gasteiger partial charge is 0.352 e. The van der Waals surface area contributed by atoms with Gasteiger partial charge in [0, 0.05) is 11.4 Å². The van der Waals surface area contributed by atoms with Gasteiger partial charge in [0.1, 0.15) is 5.69 Å². The number of piperidine rings is 1. The van der Waals surface area contributed by atoms with Gasteiger partial charge < -0.3 is 10.3 Å². The number of nitrogens with one attached hydrogen (secondary N) is 3. The minimum atomic E-state index is 0.540. The van der Waals surface area contributed by atoms with Gasteiger partial charge in [0.2, 0.25) is 0 Å². The number of nitrogens with zero attached hydrogens (tertiary/aromatic N) is 2. The van der Waals surface area contributed by atoms with E-state index in [1.54, 1.807) is 0 Å². The van der Waals surface area contributed by atoms with Gasteiger partial charge >= 0.3 is 0 Å². The summed E-state index contributed by atoms with van der Waals surface area (Å²) < 4.78 is 0. The van der Waals surface area contributed by atoms with Gasteiger partial charge in [-0.15, -0.1) is 0 Å². The first-order valence-corrected chi connectivity index (χ1v) is 8.82.